The number of alkyl halides is 6. The van der Waals surface area contributed by atoms with E-state index in [1.165, 1.54) is 0 Å². The summed E-state index contributed by atoms with van der Waals surface area (Å²) in [5.74, 6) is 0.448. The lowest BCUT2D eigenvalue weighted by Gasteiger charge is -2.28. The third-order valence-electron chi connectivity index (χ3n) is 2.96. The average Bonchev–Trinajstić information content (AvgIpc) is 2.45. The summed E-state index contributed by atoms with van der Waals surface area (Å²) in [7, 11) is 3.88. The first-order valence-corrected chi connectivity index (χ1v) is 8.59. The van der Waals surface area contributed by atoms with Gasteiger partial charge in [-0.1, -0.05) is 69.6 Å². The van der Waals surface area contributed by atoms with Crippen LogP contribution in [0.5, 0.6) is 0 Å². The Labute approximate surface area is 164 Å². The first-order chi connectivity index (χ1) is 10.5. The highest BCUT2D eigenvalue weighted by Crippen LogP contribution is 2.37. The number of hydrogen-bond donors (Lipinski definition) is 1. The van der Waals surface area contributed by atoms with Gasteiger partial charge in [0.05, 0.1) is 0 Å². The molecule has 4 nitrogen and oxygen atoms in total. The molecule has 0 radical (unpaired) electrons. The lowest BCUT2D eigenvalue weighted by atomic mass is 10.1. The van der Waals surface area contributed by atoms with Gasteiger partial charge in [-0.2, -0.15) is 0 Å². The van der Waals surface area contributed by atoms with Gasteiger partial charge in [0.15, 0.2) is 12.0 Å². The molecule has 1 atom stereocenters. The Morgan fingerprint density at radius 1 is 0.957 bits per heavy atom. The normalized spacial score (nSPS) is 18.9. The molecule has 0 aromatic heterocycles. The topological polar surface area (TPSA) is 40.0 Å². The summed E-state index contributed by atoms with van der Waals surface area (Å²) in [5.41, 5.74) is 1.77. The van der Waals surface area contributed by atoms with Crippen LogP contribution in [0.15, 0.2) is 34.3 Å². The molecule has 1 heterocycles. The zero-order chi connectivity index (χ0) is 17.4. The maximum absolute atomic E-state index is 5.90. The van der Waals surface area contributed by atoms with Crippen LogP contribution in [-0.2, 0) is 0 Å². The van der Waals surface area contributed by atoms with Gasteiger partial charge in [-0.15, -0.1) is 0 Å². The molecule has 0 saturated carbocycles. The van der Waals surface area contributed by atoms with Gasteiger partial charge in [-0.05, 0) is 24.3 Å². The van der Waals surface area contributed by atoms with E-state index in [-0.39, 0.29) is 5.84 Å². The first-order valence-electron chi connectivity index (χ1n) is 6.33. The standard InChI is InChI=1S/C13H12Cl6N4/c1-23(2)8-5-3-7(4-6-8)9-20-10(12(14,15)16)22-11(21-9)13(17,18)19/h3-6,10H,1-2H3,(H,20,21,22)/t10-/m1/s1. The summed E-state index contributed by atoms with van der Waals surface area (Å²) in [4.78, 5) is 10.3. The van der Waals surface area contributed by atoms with Crippen LogP contribution in [0.4, 0.5) is 5.69 Å². The van der Waals surface area contributed by atoms with Crippen LogP contribution in [0.25, 0.3) is 0 Å². The van der Waals surface area contributed by atoms with E-state index in [0.29, 0.717) is 5.84 Å². The molecule has 0 saturated heterocycles. The quantitative estimate of drug-likeness (QED) is 0.690. The second-order valence-corrected chi connectivity index (χ2v) is 9.58. The van der Waals surface area contributed by atoms with E-state index in [1.54, 1.807) is 0 Å². The van der Waals surface area contributed by atoms with Crippen molar-refractivity contribution >= 4 is 87.0 Å². The summed E-state index contributed by atoms with van der Waals surface area (Å²) < 4.78 is -3.56. The largest absolute Gasteiger partial charge is 0.378 e. The molecule has 1 aliphatic rings. The van der Waals surface area contributed by atoms with Crippen LogP contribution in [-0.4, -0.2) is 39.5 Å². The number of hydrogen-bond acceptors (Lipinski definition) is 4. The number of amidine groups is 2. The van der Waals surface area contributed by atoms with Crippen molar-refractivity contribution in [3.05, 3.63) is 29.8 Å². The van der Waals surface area contributed by atoms with Gasteiger partial charge in [0.25, 0.3) is 0 Å². The number of rotatable bonds is 2. The highest BCUT2D eigenvalue weighted by Gasteiger charge is 2.39. The van der Waals surface area contributed by atoms with E-state index in [1.807, 2.05) is 43.3 Å². The highest BCUT2D eigenvalue weighted by molar-refractivity contribution is 6.77. The van der Waals surface area contributed by atoms with Crippen molar-refractivity contribution in [2.45, 2.75) is 13.8 Å². The molecule has 1 aliphatic heterocycles. The van der Waals surface area contributed by atoms with Gasteiger partial charge >= 0.3 is 0 Å². The first kappa shape index (κ1) is 19.2. The molecule has 0 bridgehead atoms. The fraction of sp³-hybridized carbons (Fsp3) is 0.385. The Bertz CT molecular complexity index is 627. The van der Waals surface area contributed by atoms with Crippen LogP contribution in [0.2, 0.25) is 0 Å². The number of aliphatic imine (C=N–C) groups is 2. The molecule has 126 valence electrons. The minimum absolute atomic E-state index is 0.0421. The third kappa shape index (κ3) is 4.94. The Balaban J connectivity index is 2.39. The van der Waals surface area contributed by atoms with Gasteiger partial charge in [-0.3, -0.25) is 0 Å². The van der Waals surface area contributed by atoms with Gasteiger partial charge in [0.2, 0.25) is 7.59 Å². The van der Waals surface area contributed by atoms with Crippen LogP contribution in [0, 0.1) is 0 Å². The Kier molecular flexibility index (Phi) is 5.87. The lowest BCUT2D eigenvalue weighted by Crippen LogP contribution is -2.46. The smallest absolute Gasteiger partial charge is 0.247 e. The fourth-order valence-corrected chi connectivity index (χ4v) is 2.39. The molecule has 1 aromatic carbocycles. The van der Waals surface area contributed by atoms with Crippen molar-refractivity contribution in [1.29, 1.82) is 0 Å². The molecule has 1 N–H and O–H groups in total. The Morgan fingerprint density at radius 3 is 1.96 bits per heavy atom. The summed E-state index contributed by atoms with van der Waals surface area (Å²) in [6.45, 7) is 0. The second-order valence-electron chi connectivity index (χ2n) is 4.93. The van der Waals surface area contributed by atoms with Crippen LogP contribution < -0.4 is 10.2 Å². The zero-order valence-electron chi connectivity index (χ0n) is 12.0. The number of nitrogens with one attached hydrogen (secondary N) is 1. The van der Waals surface area contributed by atoms with Crippen molar-refractivity contribution in [3.63, 3.8) is 0 Å². The minimum atomic E-state index is -1.79. The molecular formula is C13H12Cl6N4. The maximum atomic E-state index is 5.90. The van der Waals surface area contributed by atoms with Gasteiger partial charge < -0.3 is 10.2 Å². The van der Waals surface area contributed by atoms with E-state index < -0.39 is 13.8 Å². The van der Waals surface area contributed by atoms with Gasteiger partial charge in [0.1, 0.15) is 5.84 Å². The molecular weight excluding hydrogens is 425 g/mol. The van der Waals surface area contributed by atoms with Crippen molar-refractivity contribution in [2.75, 3.05) is 19.0 Å². The maximum Gasteiger partial charge on any atom is 0.247 e. The molecule has 0 spiro atoms. The van der Waals surface area contributed by atoms with E-state index in [2.05, 4.69) is 15.3 Å². The fourth-order valence-electron chi connectivity index (χ4n) is 1.80. The van der Waals surface area contributed by atoms with Crippen molar-refractivity contribution < 1.29 is 0 Å². The molecule has 0 aliphatic carbocycles. The van der Waals surface area contributed by atoms with Crippen LogP contribution >= 0.6 is 69.6 Å². The molecule has 0 unspecified atom stereocenters. The minimum Gasteiger partial charge on any atom is -0.378 e. The number of anilines is 1. The summed E-state index contributed by atoms with van der Waals surface area (Å²) in [6.07, 6.45) is -1.03. The van der Waals surface area contributed by atoms with Gasteiger partial charge in [0, 0.05) is 25.3 Å². The zero-order valence-corrected chi connectivity index (χ0v) is 16.5. The number of benzene rings is 1. The molecule has 0 amide bonds. The van der Waals surface area contributed by atoms with Crippen molar-refractivity contribution in [1.82, 2.24) is 5.32 Å². The summed E-state index contributed by atoms with van der Waals surface area (Å²) in [6, 6.07) is 7.56. The molecule has 1 aromatic rings. The molecule has 10 heteroatoms. The Morgan fingerprint density at radius 2 is 1.52 bits per heavy atom. The average molecular weight is 437 g/mol. The third-order valence-corrected chi connectivity index (χ3v) is 4.08. The summed E-state index contributed by atoms with van der Waals surface area (Å²) >= 11 is 35.4. The predicted molar refractivity (Wildman–Crippen MR) is 102 cm³/mol. The molecule has 2 rings (SSSR count). The monoisotopic (exact) mass is 434 g/mol. The predicted octanol–water partition coefficient (Wildman–Crippen LogP) is 4.57. The van der Waals surface area contributed by atoms with Crippen LogP contribution in [0.3, 0.4) is 0 Å². The van der Waals surface area contributed by atoms with Crippen LogP contribution in [0.1, 0.15) is 5.56 Å². The Hall–Kier alpha value is -0.100. The molecule has 23 heavy (non-hydrogen) atoms. The lowest BCUT2D eigenvalue weighted by molar-refractivity contribution is 0.710. The number of halogens is 6. The van der Waals surface area contributed by atoms with Gasteiger partial charge in [-0.25, -0.2) is 9.98 Å². The highest BCUT2D eigenvalue weighted by atomic mass is 35.6. The second kappa shape index (κ2) is 7.03. The van der Waals surface area contributed by atoms with Crippen molar-refractivity contribution in [3.8, 4) is 0 Å². The number of nitrogens with zero attached hydrogens (tertiary/aromatic N) is 3. The SMILES string of the molecule is CN(C)c1ccc(C2=N[C@@H](C(Cl)(Cl)Cl)N=C(C(Cl)(Cl)Cl)N2)cc1. The van der Waals surface area contributed by atoms with E-state index >= 15 is 0 Å². The summed E-state index contributed by atoms with van der Waals surface area (Å²) in [5, 5.41) is 2.88. The van der Waals surface area contributed by atoms with E-state index in [0.717, 1.165) is 11.3 Å². The van der Waals surface area contributed by atoms with E-state index in [4.69, 9.17) is 69.6 Å². The van der Waals surface area contributed by atoms with E-state index in [9.17, 15) is 0 Å². The molecule has 0 fully saturated rings. The van der Waals surface area contributed by atoms with Crippen molar-refractivity contribution in [2.24, 2.45) is 9.98 Å².